The quantitative estimate of drug-likeness (QED) is 0.313. The molecule has 2 aliphatic heterocycles. The van der Waals surface area contributed by atoms with Crippen LogP contribution in [0.5, 0.6) is 0 Å². The Hall–Kier alpha value is -1.55. The summed E-state index contributed by atoms with van der Waals surface area (Å²) < 4.78 is 10.5. The van der Waals surface area contributed by atoms with Crippen LogP contribution in [-0.2, 0) is 4.74 Å². The molecule has 0 aromatic carbocycles. The number of rotatable bonds is 4. The summed E-state index contributed by atoms with van der Waals surface area (Å²) in [4.78, 5) is 20.7. The van der Waals surface area contributed by atoms with Gasteiger partial charge in [-0.1, -0.05) is 11.6 Å². The predicted molar refractivity (Wildman–Crippen MR) is 111 cm³/mol. The second kappa shape index (κ2) is 10.6. The third-order valence-electron chi connectivity index (χ3n) is 4.60. The predicted octanol–water partition coefficient (Wildman–Crippen LogP) is 1.97. The number of amides is 1. The van der Waals surface area contributed by atoms with Gasteiger partial charge in [0, 0.05) is 39.8 Å². The number of nitrogens with zero attached hydrogens (tertiary/aromatic N) is 3. The molecule has 0 unspecified atom stereocenters. The van der Waals surface area contributed by atoms with E-state index in [1.165, 1.54) is 11.8 Å². The van der Waals surface area contributed by atoms with E-state index >= 15 is 0 Å². The molecular weight excluding hydrogens is 447 g/mol. The van der Waals surface area contributed by atoms with Crippen LogP contribution in [0.1, 0.15) is 23.4 Å². The Morgan fingerprint density at radius 1 is 1.27 bits per heavy atom. The zero-order chi connectivity index (χ0) is 17.5. The second-order valence-corrected chi connectivity index (χ2v) is 6.17. The lowest BCUT2D eigenvalue weighted by Crippen LogP contribution is -2.53. The molecule has 2 aliphatic rings. The lowest BCUT2D eigenvalue weighted by atomic mass is 10.1. The van der Waals surface area contributed by atoms with E-state index in [4.69, 9.17) is 9.15 Å². The van der Waals surface area contributed by atoms with Crippen molar-refractivity contribution in [1.29, 1.82) is 0 Å². The fourth-order valence-corrected chi connectivity index (χ4v) is 3.14. The van der Waals surface area contributed by atoms with Crippen LogP contribution >= 0.6 is 24.0 Å². The standard InChI is InChI=1S/C18H26N4O3.HI/c1-19-18(20-7-4-15-5-13-24-14-6-15)22-10-8-21(9-11-22)17(23)16-3-2-12-25-16;/h2-3,5,12H,4,6-11,13-14H2,1H3,(H,19,20);1H. The maximum atomic E-state index is 12.3. The van der Waals surface area contributed by atoms with Crippen molar-refractivity contribution >= 4 is 35.8 Å². The Bertz CT molecular complexity index is 622. The summed E-state index contributed by atoms with van der Waals surface area (Å²) >= 11 is 0. The van der Waals surface area contributed by atoms with Gasteiger partial charge >= 0.3 is 0 Å². The highest BCUT2D eigenvalue weighted by Crippen LogP contribution is 2.12. The van der Waals surface area contributed by atoms with Gasteiger partial charge in [0.15, 0.2) is 11.7 Å². The van der Waals surface area contributed by atoms with Crippen molar-refractivity contribution in [3.8, 4) is 0 Å². The van der Waals surface area contributed by atoms with E-state index in [1.807, 2.05) is 4.90 Å². The van der Waals surface area contributed by atoms with Crippen molar-refractivity contribution < 1.29 is 13.9 Å². The maximum Gasteiger partial charge on any atom is 0.289 e. The van der Waals surface area contributed by atoms with E-state index in [0.29, 0.717) is 18.8 Å². The third-order valence-corrected chi connectivity index (χ3v) is 4.60. The van der Waals surface area contributed by atoms with Gasteiger partial charge in [0.1, 0.15) is 0 Å². The molecule has 0 saturated carbocycles. The molecule has 1 aromatic rings. The molecule has 0 aliphatic carbocycles. The zero-order valence-electron chi connectivity index (χ0n) is 15.1. The first kappa shape index (κ1) is 20.8. The van der Waals surface area contributed by atoms with E-state index in [1.54, 1.807) is 19.2 Å². The molecule has 1 fully saturated rings. The molecule has 8 heteroatoms. The first-order chi connectivity index (χ1) is 12.3. The van der Waals surface area contributed by atoms with Crippen LogP contribution in [0.4, 0.5) is 0 Å². The molecule has 0 spiro atoms. The first-order valence-electron chi connectivity index (χ1n) is 8.82. The average molecular weight is 474 g/mol. The summed E-state index contributed by atoms with van der Waals surface area (Å²) in [7, 11) is 1.80. The third kappa shape index (κ3) is 5.47. The lowest BCUT2D eigenvalue weighted by Gasteiger charge is -2.36. The number of aliphatic imine (C=N–C) groups is 1. The van der Waals surface area contributed by atoms with Crippen LogP contribution in [0.15, 0.2) is 39.5 Å². The zero-order valence-corrected chi connectivity index (χ0v) is 17.5. The van der Waals surface area contributed by atoms with Crippen LogP contribution < -0.4 is 5.32 Å². The summed E-state index contributed by atoms with van der Waals surface area (Å²) in [5.41, 5.74) is 1.45. The van der Waals surface area contributed by atoms with Gasteiger partial charge in [0.25, 0.3) is 5.91 Å². The summed E-state index contributed by atoms with van der Waals surface area (Å²) in [6.45, 7) is 5.29. The van der Waals surface area contributed by atoms with Gasteiger partial charge < -0.3 is 24.3 Å². The molecule has 26 heavy (non-hydrogen) atoms. The molecule has 0 atom stereocenters. The molecule has 0 radical (unpaired) electrons. The molecular formula is C18H27IN4O3. The van der Waals surface area contributed by atoms with Crippen molar-refractivity contribution in [2.24, 2.45) is 4.99 Å². The molecule has 0 bridgehead atoms. The van der Waals surface area contributed by atoms with Crippen molar-refractivity contribution in [1.82, 2.24) is 15.1 Å². The highest BCUT2D eigenvalue weighted by atomic mass is 127. The second-order valence-electron chi connectivity index (χ2n) is 6.17. The Labute approximate surface area is 171 Å². The summed E-state index contributed by atoms with van der Waals surface area (Å²) in [5.74, 6) is 1.26. The minimum Gasteiger partial charge on any atom is -0.459 e. The van der Waals surface area contributed by atoms with Crippen molar-refractivity contribution in [3.63, 3.8) is 0 Å². The monoisotopic (exact) mass is 474 g/mol. The number of furan rings is 1. The van der Waals surface area contributed by atoms with E-state index in [2.05, 4.69) is 21.3 Å². The molecule has 3 rings (SSSR count). The Morgan fingerprint density at radius 3 is 2.65 bits per heavy atom. The highest BCUT2D eigenvalue weighted by Gasteiger charge is 2.25. The van der Waals surface area contributed by atoms with Crippen LogP contribution in [0.25, 0.3) is 0 Å². The normalized spacial score (nSPS) is 18.2. The minimum absolute atomic E-state index is 0. The molecule has 7 nitrogen and oxygen atoms in total. The average Bonchev–Trinajstić information content (AvgIpc) is 3.20. The summed E-state index contributed by atoms with van der Waals surface area (Å²) in [6, 6.07) is 3.45. The number of guanidine groups is 1. The largest absolute Gasteiger partial charge is 0.459 e. The number of ether oxygens (including phenoxy) is 1. The summed E-state index contributed by atoms with van der Waals surface area (Å²) in [5, 5.41) is 3.43. The van der Waals surface area contributed by atoms with Gasteiger partial charge in [-0.05, 0) is 25.0 Å². The maximum absolute atomic E-state index is 12.3. The van der Waals surface area contributed by atoms with Gasteiger partial charge in [-0.3, -0.25) is 9.79 Å². The number of carbonyl (C=O) groups excluding carboxylic acids is 1. The van der Waals surface area contributed by atoms with Gasteiger partial charge in [0.05, 0.1) is 19.5 Å². The van der Waals surface area contributed by atoms with E-state index in [9.17, 15) is 4.79 Å². The summed E-state index contributed by atoms with van der Waals surface area (Å²) in [6.07, 6.45) is 5.74. The molecule has 1 N–H and O–H groups in total. The molecule has 1 amide bonds. The fraction of sp³-hybridized carbons (Fsp3) is 0.556. The van der Waals surface area contributed by atoms with Crippen molar-refractivity contribution in [2.45, 2.75) is 12.8 Å². The number of piperazine rings is 1. The van der Waals surface area contributed by atoms with Crippen LogP contribution in [-0.4, -0.2) is 74.7 Å². The highest BCUT2D eigenvalue weighted by molar-refractivity contribution is 14.0. The van der Waals surface area contributed by atoms with Crippen LogP contribution in [0.2, 0.25) is 0 Å². The molecule has 1 saturated heterocycles. The van der Waals surface area contributed by atoms with Gasteiger partial charge in [-0.15, -0.1) is 24.0 Å². The van der Waals surface area contributed by atoms with E-state index in [-0.39, 0.29) is 29.9 Å². The van der Waals surface area contributed by atoms with Crippen LogP contribution in [0, 0.1) is 0 Å². The van der Waals surface area contributed by atoms with Crippen molar-refractivity contribution in [2.75, 3.05) is 53.0 Å². The van der Waals surface area contributed by atoms with Gasteiger partial charge in [0.2, 0.25) is 0 Å². The number of hydrogen-bond acceptors (Lipinski definition) is 4. The van der Waals surface area contributed by atoms with E-state index < -0.39 is 0 Å². The molecule has 144 valence electrons. The number of halogens is 1. The van der Waals surface area contributed by atoms with Crippen LogP contribution in [0.3, 0.4) is 0 Å². The molecule has 3 heterocycles. The first-order valence-corrected chi connectivity index (χ1v) is 8.82. The Morgan fingerprint density at radius 2 is 2.04 bits per heavy atom. The number of hydrogen-bond donors (Lipinski definition) is 1. The topological polar surface area (TPSA) is 70.3 Å². The van der Waals surface area contributed by atoms with Gasteiger partial charge in [-0.25, -0.2) is 0 Å². The Kier molecular flexibility index (Phi) is 8.43. The SMILES string of the molecule is CN=C(NCCC1=CCOCC1)N1CCN(C(=O)c2ccco2)CC1.I. The minimum atomic E-state index is -0.0425. The van der Waals surface area contributed by atoms with E-state index in [0.717, 1.165) is 51.6 Å². The smallest absolute Gasteiger partial charge is 0.289 e. The van der Waals surface area contributed by atoms with Gasteiger partial charge in [-0.2, -0.15) is 0 Å². The number of carbonyl (C=O) groups is 1. The lowest BCUT2D eigenvalue weighted by molar-refractivity contribution is 0.0657. The molecule has 1 aromatic heterocycles. The number of nitrogens with one attached hydrogen (secondary N) is 1. The Balaban J connectivity index is 0.00000243. The van der Waals surface area contributed by atoms with Crippen molar-refractivity contribution in [3.05, 3.63) is 35.8 Å². The fourth-order valence-electron chi connectivity index (χ4n) is 3.14.